The third-order valence-corrected chi connectivity index (χ3v) is 1.44. The monoisotopic (exact) mass is 345 g/mol. The van der Waals surface area contributed by atoms with Gasteiger partial charge in [0, 0.05) is 6.07 Å². The standard InChI is InChI=1S/C7H4F3NO3.CH2O3.2K/c8-7(9,10)4-1-5(11(13)14)3-6(12)2-4;2-1(3)4;;/h1-3,12H;(H2,2,3,4);;/q;;2*+1/p-2. The van der Waals surface area contributed by atoms with Gasteiger partial charge in [0.25, 0.3) is 5.69 Å². The summed E-state index contributed by atoms with van der Waals surface area (Å²) < 4.78 is 36.2. The van der Waals surface area contributed by atoms with Gasteiger partial charge >= 0.3 is 109 Å². The van der Waals surface area contributed by atoms with Gasteiger partial charge in [-0.1, -0.05) is 0 Å². The fourth-order valence-corrected chi connectivity index (χ4v) is 0.864. The van der Waals surface area contributed by atoms with Crippen LogP contribution in [0.2, 0.25) is 0 Å². The topological polar surface area (TPSA) is 127 Å². The molecule has 0 aromatic heterocycles. The molecule has 0 aliphatic rings. The molecule has 0 aliphatic heterocycles. The van der Waals surface area contributed by atoms with Gasteiger partial charge < -0.3 is 20.1 Å². The minimum absolute atomic E-state index is 0. The number of phenols is 1. The minimum Gasteiger partial charge on any atom is -0.652 e. The average molecular weight is 345 g/mol. The maximum Gasteiger partial charge on any atom is 1.00 e. The van der Waals surface area contributed by atoms with Crippen LogP contribution in [0.5, 0.6) is 5.75 Å². The summed E-state index contributed by atoms with van der Waals surface area (Å²) in [5.74, 6) is -0.786. The number of carboxylic acid groups (broad SMARTS) is 2. The van der Waals surface area contributed by atoms with E-state index in [0.29, 0.717) is 18.2 Å². The molecule has 0 atom stereocenters. The minimum atomic E-state index is -4.70. The van der Waals surface area contributed by atoms with Crippen molar-refractivity contribution in [3.63, 3.8) is 0 Å². The Balaban J connectivity index is -0.000000429. The zero-order valence-corrected chi connectivity index (χ0v) is 16.5. The van der Waals surface area contributed by atoms with Crippen molar-refractivity contribution >= 4 is 11.8 Å². The molecule has 7 nitrogen and oxygen atoms in total. The Morgan fingerprint density at radius 3 is 1.85 bits per heavy atom. The summed E-state index contributed by atoms with van der Waals surface area (Å²) >= 11 is 0. The Labute approximate surface area is 195 Å². The van der Waals surface area contributed by atoms with Crippen LogP contribution in [0.3, 0.4) is 0 Å². The molecule has 0 unspecified atom stereocenters. The number of phenolic OH excluding ortho intramolecular Hbond substituents is 1. The molecule has 0 saturated heterocycles. The summed E-state index contributed by atoms with van der Waals surface area (Å²) in [4.78, 5) is 17.5. The van der Waals surface area contributed by atoms with Crippen LogP contribution in [-0.4, -0.2) is 16.2 Å². The average Bonchev–Trinajstić information content (AvgIpc) is 2.14. The first-order chi connectivity index (χ1) is 8.04. The summed E-state index contributed by atoms with van der Waals surface area (Å²) in [5.41, 5.74) is -2.04. The fourth-order valence-electron chi connectivity index (χ4n) is 0.864. The van der Waals surface area contributed by atoms with Crippen LogP contribution < -0.4 is 113 Å². The maximum absolute atomic E-state index is 12.1. The molecular formula is C8H4F3K2NO6. The van der Waals surface area contributed by atoms with E-state index in [1.165, 1.54) is 0 Å². The normalized spacial score (nSPS) is 9.15. The molecule has 0 bridgehead atoms. The van der Waals surface area contributed by atoms with Crippen LogP contribution >= 0.6 is 0 Å². The molecule has 0 aliphatic carbocycles. The number of hydrogen-bond donors (Lipinski definition) is 1. The Morgan fingerprint density at radius 1 is 1.15 bits per heavy atom. The van der Waals surface area contributed by atoms with Gasteiger partial charge in [0.2, 0.25) is 0 Å². The van der Waals surface area contributed by atoms with Crippen molar-refractivity contribution < 1.29 is 141 Å². The molecule has 0 amide bonds. The third-order valence-electron chi connectivity index (χ3n) is 1.44. The Bertz CT molecular complexity index is 464. The first-order valence-electron chi connectivity index (χ1n) is 3.97. The van der Waals surface area contributed by atoms with Gasteiger partial charge in [0.05, 0.1) is 16.6 Å². The van der Waals surface area contributed by atoms with Crippen LogP contribution in [0, 0.1) is 10.1 Å². The number of halogens is 3. The Kier molecular flexibility index (Phi) is 14.6. The van der Waals surface area contributed by atoms with E-state index < -0.39 is 34.3 Å². The fraction of sp³-hybridized carbons (Fsp3) is 0.125. The molecule has 1 rings (SSSR count). The number of rotatable bonds is 1. The van der Waals surface area contributed by atoms with Crippen molar-refractivity contribution in [3.8, 4) is 5.75 Å². The number of nitro groups is 1. The van der Waals surface area contributed by atoms with Gasteiger partial charge in [0.15, 0.2) is 0 Å². The molecule has 100 valence electrons. The van der Waals surface area contributed by atoms with E-state index in [4.69, 9.17) is 20.1 Å². The van der Waals surface area contributed by atoms with Crippen LogP contribution in [0.25, 0.3) is 0 Å². The number of carbonyl (C=O) groups excluding carboxylic acids is 1. The number of alkyl halides is 3. The number of benzene rings is 1. The molecular weight excluding hydrogens is 341 g/mol. The van der Waals surface area contributed by atoms with Crippen molar-refractivity contribution in [2.24, 2.45) is 0 Å². The molecule has 1 aromatic carbocycles. The van der Waals surface area contributed by atoms with Crippen molar-refractivity contribution in [1.82, 2.24) is 0 Å². The van der Waals surface area contributed by atoms with Gasteiger partial charge in [0.1, 0.15) is 5.75 Å². The molecule has 0 radical (unpaired) electrons. The maximum atomic E-state index is 12.1. The van der Waals surface area contributed by atoms with Crippen molar-refractivity contribution in [2.45, 2.75) is 6.18 Å². The third kappa shape index (κ3) is 11.4. The predicted octanol–water partition coefficient (Wildman–Crippen LogP) is -6.12. The number of non-ortho nitro benzene ring substituents is 1. The Morgan fingerprint density at radius 2 is 1.55 bits per heavy atom. The number of carbonyl (C=O) groups is 1. The number of aromatic hydroxyl groups is 1. The van der Waals surface area contributed by atoms with Crippen LogP contribution in [0.4, 0.5) is 23.7 Å². The first kappa shape index (κ1) is 25.7. The summed E-state index contributed by atoms with van der Waals surface area (Å²) in [6.45, 7) is 0. The first-order valence-corrected chi connectivity index (χ1v) is 3.97. The second-order valence-corrected chi connectivity index (χ2v) is 2.74. The molecule has 0 fully saturated rings. The number of nitro benzene ring substituents is 1. The van der Waals surface area contributed by atoms with E-state index >= 15 is 0 Å². The van der Waals surface area contributed by atoms with Crippen molar-refractivity contribution in [3.05, 3.63) is 33.9 Å². The van der Waals surface area contributed by atoms with Gasteiger partial charge in [-0.25, -0.2) is 0 Å². The van der Waals surface area contributed by atoms with Crippen molar-refractivity contribution in [2.75, 3.05) is 0 Å². The second kappa shape index (κ2) is 11.3. The zero-order chi connectivity index (χ0) is 14.5. The molecule has 1 aromatic rings. The molecule has 0 heterocycles. The van der Waals surface area contributed by atoms with E-state index in [-0.39, 0.29) is 103 Å². The van der Waals surface area contributed by atoms with Crippen LogP contribution in [-0.2, 0) is 6.18 Å². The smallest absolute Gasteiger partial charge is 0.652 e. The molecule has 0 saturated carbocycles. The SMILES string of the molecule is O=C([O-])[O-].O=[N+]([O-])c1cc(O)cc(C(F)(F)F)c1.[K+].[K+]. The summed E-state index contributed by atoms with van der Waals surface area (Å²) in [7, 11) is 0. The summed E-state index contributed by atoms with van der Waals surface area (Å²) in [5, 5.41) is 35.6. The molecule has 0 spiro atoms. The van der Waals surface area contributed by atoms with Gasteiger partial charge in [-0.05, 0) is 12.2 Å². The zero-order valence-electron chi connectivity index (χ0n) is 10.3. The van der Waals surface area contributed by atoms with E-state index in [1.807, 2.05) is 0 Å². The molecule has 20 heavy (non-hydrogen) atoms. The quantitative estimate of drug-likeness (QED) is 0.307. The largest absolute Gasteiger partial charge is 1.00 e. The molecule has 1 N–H and O–H groups in total. The second-order valence-electron chi connectivity index (χ2n) is 2.74. The van der Waals surface area contributed by atoms with E-state index in [2.05, 4.69) is 0 Å². The van der Waals surface area contributed by atoms with Gasteiger partial charge in [-0.15, -0.1) is 0 Å². The predicted molar refractivity (Wildman–Crippen MR) is 45.2 cm³/mol. The Hall–Kier alpha value is 0.753. The van der Waals surface area contributed by atoms with Crippen molar-refractivity contribution in [1.29, 1.82) is 0 Å². The summed E-state index contributed by atoms with van der Waals surface area (Å²) in [6, 6.07) is 1.43. The number of nitrogens with zero attached hydrogens (tertiary/aromatic N) is 1. The molecule has 12 heteroatoms. The number of hydrogen-bond acceptors (Lipinski definition) is 6. The van der Waals surface area contributed by atoms with Crippen LogP contribution in [0.1, 0.15) is 5.56 Å². The van der Waals surface area contributed by atoms with Crippen LogP contribution in [0.15, 0.2) is 18.2 Å². The van der Waals surface area contributed by atoms with E-state index in [9.17, 15) is 23.3 Å². The van der Waals surface area contributed by atoms with E-state index in [0.717, 1.165) is 0 Å². The summed E-state index contributed by atoms with van der Waals surface area (Å²) in [6.07, 6.45) is -7.04. The van der Waals surface area contributed by atoms with Gasteiger partial charge in [-0.2, -0.15) is 13.2 Å². The van der Waals surface area contributed by atoms with E-state index in [1.54, 1.807) is 0 Å². The van der Waals surface area contributed by atoms with Gasteiger partial charge in [-0.3, -0.25) is 10.1 Å².